The zero-order chi connectivity index (χ0) is 11.4. The molecule has 0 aromatic heterocycles. The molecule has 2 unspecified atom stereocenters. The predicted octanol–water partition coefficient (Wildman–Crippen LogP) is 0.0600. The van der Waals surface area contributed by atoms with Gasteiger partial charge in [-0.2, -0.15) is 0 Å². The summed E-state index contributed by atoms with van der Waals surface area (Å²) >= 11 is 0. The molecule has 5 heteroatoms. The molecule has 1 aliphatic rings. The SMILES string of the molecule is CCN1C(C)CCNC(=O)C1CC(=O)O. The Balaban J connectivity index is 2.81. The van der Waals surface area contributed by atoms with Crippen LogP contribution >= 0.6 is 0 Å². The van der Waals surface area contributed by atoms with E-state index >= 15 is 0 Å². The summed E-state index contributed by atoms with van der Waals surface area (Å²) in [5, 5.41) is 11.5. The normalized spacial score (nSPS) is 28.3. The summed E-state index contributed by atoms with van der Waals surface area (Å²) in [6, 6.07) is -0.275. The van der Waals surface area contributed by atoms with E-state index in [9.17, 15) is 9.59 Å². The lowest BCUT2D eigenvalue weighted by Crippen LogP contribution is -2.47. The average Bonchev–Trinajstić information content (AvgIpc) is 2.27. The number of amides is 1. The van der Waals surface area contributed by atoms with E-state index in [-0.39, 0.29) is 18.4 Å². The van der Waals surface area contributed by atoms with Crippen molar-refractivity contribution in [3.63, 3.8) is 0 Å². The quantitative estimate of drug-likeness (QED) is 0.697. The van der Waals surface area contributed by atoms with E-state index in [1.165, 1.54) is 0 Å². The van der Waals surface area contributed by atoms with Crippen molar-refractivity contribution in [2.75, 3.05) is 13.1 Å². The Labute approximate surface area is 89.4 Å². The van der Waals surface area contributed by atoms with Crippen LogP contribution in [0.4, 0.5) is 0 Å². The monoisotopic (exact) mass is 214 g/mol. The highest BCUT2D eigenvalue weighted by Gasteiger charge is 2.32. The first kappa shape index (κ1) is 12.0. The van der Waals surface area contributed by atoms with E-state index < -0.39 is 12.0 Å². The van der Waals surface area contributed by atoms with Gasteiger partial charge in [-0.25, -0.2) is 0 Å². The van der Waals surface area contributed by atoms with Crippen molar-refractivity contribution in [2.45, 2.75) is 38.8 Å². The molecular formula is C10H18N2O3. The molecule has 5 nitrogen and oxygen atoms in total. The van der Waals surface area contributed by atoms with Crippen molar-refractivity contribution in [1.29, 1.82) is 0 Å². The van der Waals surface area contributed by atoms with Gasteiger partial charge in [0.05, 0.1) is 12.5 Å². The molecular weight excluding hydrogens is 196 g/mol. The number of likely N-dealkylation sites (N-methyl/N-ethyl adjacent to an activating group) is 1. The molecule has 0 spiro atoms. The summed E-state index contributed by atoms with van der Waals surface area (Å²) in [5.74, 6) is -1.09. The minimum atomic E-state index is -0.928. The van der Waals surface area contributed by atoms with Crippen LogP contribution in [0.1, 0.15) is 26.7 Å². The molecule has 86 valence electrons. The van der Waals surface area contributed by atoms with Gasteiger partial charge in [0.15, 0.2) is 0 Å². The van der Waals surface area contributed by atoms with Crippen molar-refractivity contribution in [3.05, 3.63) is 0 Å². The van der Waals surface area contributed by atoms with E-state index in [4.69, 9.17) is 5.11 Å². The van der Waals surface area contributed by atoms with Crippen molar-refractivity contribution in [2.24, 2.45) is 0 Å². The maximum atomic E-state index is 11.6. The van der Waals surface area contributed by atoms with Crippen LogP contribution in [0.3, 0.4) is 0 Å². The third-order valence-electron chi connectivity index (χ3n) is 2.86. The minimum absolute atomic E-state index is 0.121. The second-order valence-electron chi connectivity index (χ2n) is 3.87. The van der Waals surface area contributed by atoms with Gasteiger partial charge in [-0.3, -0.25) is 14.5 Å². The predicted molar refractivity (Wildman–Crippen MR) is 55.5 cm³/mol. The average molecular weight is 214 g/mol. The van der Waals surface area contributed by atoms with Crippen LogP contribution in [-0.4, -0.2) is 47.1 Å². The summed E-state index contributed by atoms with van der Waals surface area (Å²) < 4.78 is 0. The molecule has 0 bridgehead atoms. The Hall–Kier alpha value is -1.10. The molecule has 1 aliphatic heterocycles. The van der Waals surface area contributed by atoms with Gasteiger partial charge in [0, 0.05) is 12.6 Å². The van der Waals surface area contributed by atoms with E-state index in [0.29, 0.717) is 13.1 Å². The molecule has 0 aromatic carbocycles. The van der Waals surface area contributed by atoms with Gasteiger partial charge in [-0.15, -0.1) is 0 Å². The molecule has 2 N–H and O–H groups in total. The zero-order valence-electron chi connectivity index (χ0n) is 9.19. The van der Waals surface area contributed by atoms with E-state index in [0.717, 1.165) is 6.42 Å². The van der Waals surface area contributed by atoms with Gasteiger partial charge in [0.25, 0.3) is 0 Å². The maximum Gasteiger partial charge on any atom is 0.305 e. The number of carbonyl (C=O) groups is 2. The molecule has 1 rings (SSSR count). The molecule has 1 saturated heterocycles. The number of nitrogens with zero attached hydrogens (tertiary/aromatic N) is 1. The lowest BCUT2D eigenvalue weighted by Gasteiger charge is -2.30. The standard InChI is InChI=1S/C10H18N2O3/c1-3-12-7(2)4-5-11-10(15)8(12)6-9(13)14/h7-8H,3-6H2,1-2H3,(H,11,15)(H,13,14). The fourth-order valence-corrected chi connectivity index (χ4v) is 2.05. The van der Waals surface area contributed by atoms with Gasteiger partial charge < -0.3 is 10.4 Å². The number of hydrogen-bond donors (Lipinski definition) is 2. The van der Waals surface area contributed by atoms with Crippen LogP contribution in [0, 0.1) is 0 Å². The first-order valence-corrected chi connectivity index (χ1v) is 5.31. The Morgan fingerprint density at radius 2 is 2.33 bits per heavy atom. The van der Waals surface area contributed by atoms with E-state index in [1.54, 1.807) is 0 Å². The number of aliphatic carboxylic acids is 1. The first-order valence-electron chi connectivity index (χ1n) is 5.31. The topological polar surface area (TPSA) is 69.6 Å². The molecule has 1 fully saturated rings. The second-order valence-corrected chi connectivity index (χ2v) is 3.87. The van der Waals surface area contributed by atoms with Crippen LogP contribution < -0.4 is 5.32 Å². The molecule has 1 amide bonds. The Morgan fingerprint density at radius 3 is 2.87 bits per heavy atom. The summed E-state index contributed by atoms with van der Waals surface area (Å²) in [4.78, 5) is 24.3. The van der Waals surface area contributed by atoms with Crippen molar-refractivity contribution >= 4 is 11.9 Å². The number of rotatable bonds is 3. The highest BCUT2D eigenvalue weighted by molar-refractivity contribution is 5.86. The Morgan fingerprint density at radius 1 is 1.67 bits per heavy atom. The van der Waals surface area contributed by atoms with Crippen molar-refractivity contribution < 1.29 is 14.7 Å². The fourth-order valence-electron chi connectivity index (χ4n) is 2.05. The van der Waals surface area contributed by atoms with Crippen molar-refractivity contribution in [3.8, 4) is 0 Å². The van der Waals surface area contributed by atoms with Crippen LogP contribution in [0.25, 0.3) is 0 Å². The number of carboxylic acid groups (broad SMARTS) is 1. The lowest BCUT2D eigenvalue weighted by molar-refractivity contribution is -0.142. The van der Waals surface area contributed by atoms with Crippen LogP contribution in [-0.2, 0) is 9.59 Å². The number of hydrogen-bond acceptors (Lipinski definition) is 3. The molecule has 0 aliphatic carbocycles. The lowest BCUT2D eigenvalue weighted by atomic mass is 10.1. The summed E-state index contributed by atoms with van der Waals surface area (Å²) in [6.07, 6.45) is 0.750. The second kappa shape index (κ2) is 5.11. The van der Waals surface area contributed by atoms with E-state index in [1.807, 2.05) is 18.7 Å². The Bertz CT molecular complexity index is 255. The Kier molecular flexibility index (Phi) is 4.08. The number of carbonyl (C=O) groups excluding carboxylic acids is 1. The third kappa shape index (κ3) is 2.92. The zero-order valence-corrected chi connectivity index (χ0v) is 9.19. The molecule has 0 aromatic rings. The van der Waals surface area contributed by atoms with Gasteiger partial charge in [0.2, 0.25) is 5.91 Å². The van der Waals surface area contributed by atoms with Crippen LogP contribution in [0.2, 0.25) is 0 Å². The molecule has 0 saturated carbocycles. The van der Waals surface area contributed by atoms with Gasteiger partial charge in [-0.05, 0) is 19.9 Å². The van der Waals surface area contributed by atoms with Crippen molar-refractivity contribution in [1.82, 2.24) is 10.2 Å². The molecule has 15 heavy (non-hydrogen) atoms. The highest BCUT2D eigenvalue weighted by atomic mass is 16.4. The third-order valence-corrected chi connectivity index (χ3v) is 2.86. The largest absolute Gasteiger partial charge is 0.481 e. The van der Waals surface area contributed by atoms with Gasteiger partial charge >= 0.3 is 5.97 Å². The van der Waals surface area contributed by atoms with Crippen LogP contribution in [0.15, 0.2) is 0 Å². The van der Waals surface area contributed by atoms with Crippen LogP contribution in [0.5, 0.6) is 0 Å². The first-order chi connectivity index (χ1) is 7.06. The highest BCUT2D eigenvalue weighted by Crippen LogP contribution is 2.14. The molecule has 0 radical (unpaired) electrons. The molecule has 2 atom stereocenters. The minimum Gasteiger partial charge on any atom is -0.481 e. The summed E-state index contributed by atoms with van der Waals surface area (Å²) in [7, 11) is 0. The smallest absolute Gasteiger partial charge is 0.305 e. The fraction of sp³-hybridized carbons (Fsp3) is 0.800. The number of carboxylic acids is 1. The van der Waals surface area contributed by atoms with Gasteiger partial charge in [0.1, 0.15) is 0 Å². The molecule has 1 heterocycles. The summed E-state index contributed by atoms with van der Waals surface area (Å²) in [6.45, 7) is 5.31. The number of nitrogens with one attached hydrogen (secondary N) is 1. The van der Waals surface area contributed by atoms with Gasteiger partial charge in [-0.1, -0.05) is 6.92 Å². The van der Waals surface area contributed by atoms with E-state index in [2.05, 4.69) is 5.32 Å². The maximum absolute atomic E-state index is 11.6. The summed E-state index contributed by atoms with van der Waals surface area (Å²) in [5.41, 5.74) is 0.